The Kier molecular flexibility index (Phi) is 7.46. The lowest BCUT2D eigenvalue weighted by molar-refractivity contribution is 0.159. The van der Waals surface area contributed by atoms with Crippen LogP contribution in [0.5, 0.6) is 11.8 Å². The number of ether oxygens (including phenoxy) is 1. The van der Waals surface area contributed by atoms with E-state index in [1.807, 2.05) is 0 Å². The fourth-order valence-corrected chi connectivity index (χ4v) is 9.65. The molecule has 0 radical (unpaired) electrons. The number of phenolic OH excluding ortho intramolecular Hbond substituents is 1. The number of anilines is 1. The quantitative estimate of drug-likeness (QED) is 0.196. The van der Waals surface area contributed by atoms with Crippen LogP contribution in [0.15, 0.2) is 30.3 Å². The summed E-state index contributed by atoms with van der Waals surface area (Å²) in [6.45, 7) is 5.26. The Hall–Kier alpha value is -3.71. The minimum atomic E-state index is -0.701. The predicted octanol–water partition coefficient (Wildman–Crippen LogP) is 7.43. The van der Waals surface area contributed by atoms with Crippen molar-refractivity contribution in [1.29, 1.82) is 0 Å². The van der Waals surface area contributed by atoms with Crippen LogP contribution in [0.2, 0.25) is 5.02 Å². The van der Waals surface area contributed by atoms with Gasteiger partial charge < -0.3 is 25.0 Å². The molecule has 4 heterocycles. The number of nitrogens with one attached hydrogen (secondary N) is 1. The number of nitrogens with zero attached hydrogens (tertiary/aromatic N) is 4. The number of fused-ring (bicyclic) bond motifs is 4. The van der Waals surface area contributed by atoms with E-state index in [9.17, 15) is 9.50 Å². The van der Waals surface area contributed by atoms with Gasteiger partial charge in [-0.15, -0.1) is 6.42 Å². The van der Waals surface area contributed by atoms with E-state index in [0.29, 0.717) is 46.1 Å². The van der Waals surface area contributed by atoms with Crippen molar-refractivity contribution in [2.45, 2.75) is 69.9 Å². The van der Waals surface area contributed by atoms with Crippen molar-refractivity contribution in [1.82, 2.24) is 20.2 Å². The lowest BCUT2D eigenvalue weighted by Gasteiger charge is -2.34. The maximum absolute atomic E-state index is 17.1. The molecule has 49 heavy (non-hydrogen) atoms. The Labute approximate surface area is 290 Å². The van der Waals surface area contributed by atoms with E-state index in [4.69, 9.17) is 32.7 Å². The van der Waals surface area contributed by atoms with Gasteiger partial charge in [0.1, 0.15) is 22.9 Å². The second kappa shape index (κ2) is 11.7. The maximum Gasteiger partial charge on any atom is 0.319 e. The molecule has 2 saturated carbocycles. The molecule has 1 aromatic heterocycles. The van der Waals surface area contributed by atoms with Crippen LogP contribution in [-0.2, 0) is 0 Å². The summed E-state index contributed by atoms with van der Waals surface area (Å²) >= 11 is 6.92. The molecule has 2 N–H and O–H groups in total. The molecule has 3 aliphatic heterocycles. The first-order chi connectivity index (χ1) is 23.7. The number of piperazine rings is 1. The molecule has 4 aromatic rings. The third-order valence-corrected chi connectivity index (χ3v) is 12.3. The highest BCUT2D eigenvalue weighted by molar-refractivity contribution is 6.35. The van der Waals surface area contributed by atoms with Gasteiger partial charge in [-0.2, -0.15) is 9.97 Å². The second-order valence-electron chi connectivity index (χ2n) is 15.4. The molecule has 2 bridgehead atoms. The van der Waals surface area contributed by atoms with Crippen LogP contribution >= 0.6 is 11.6 Å². The van der Waals surface area contributed by atoms with Crippen LogP contribution in [0.1, 0.15) is 63.4 Å². The first-order valence-corrected chi connectivity index (χ1v) is 18.1. The van der Waals surface area contributed by atoms with E-state index in [-0.39, 0.29) is 44.4 Å². The van der Waals surface area contributed by atoms with Crippen LogP contribution in [-0.4, -0.2) is 71.4 Å². The first-order valence-electron chi connectivity index (χ1n) is 17.7. The summed E-state index contributed by atoms with van der Waals surface area (Å²) in [4.78, 5) is 14.5. The fraction of sp³-hybridized carbons (Fsp3) is 0.487. The zero-order chi connectivity index (χ0) is 33.5. The molecule has 9 rings (SSSR count). The molecule has 0 amide bonds. The number of hydrogen-bond acceptors (Lipinski definition) is 7. The molecule has 5 aliphatic rings. The monoisotopic (exact) mass is 683 g/mol. The van der Waals surface area contributed by atoms with E-state index < -0.39 is 11.6 Å². The van der Waals surface area contributed by atoms with Crippen LogP contribution in [0.25, 0.3) is 32.8 Å². The van der Waals surface area contributed by atoms with Gasteiger partial charge in [0.15, 0.2) is 5.82 Å². The smallest absolute Gasteiger partial charge is 0.319 e. The Morgan fingerprint density at radius 1 is 1.04 bits per heavy atom. The number of terminal acetylenes is 1. The van der Waals surface area contributed by atoms with Gasteiger partial charge in [-0.1, -0.05) is 36.4 Å². The normalized spacial score (nSPS) is 23.9. The van der Waals surface area contributed by atoms with Gasteiger partial charge in [0, 0.05) is 60.0 Å². The van der Waals surface area contributed by atoms with E-state index in [1.54, 1.807) is 6.07 Å². The summed E-state index contributed by atoms with van der Waals surface area (Å²) in [6.07, 6.45) is 16.8. The number of rotatable bonds is 7. The van der Waals surface area contributed by atoms with Gasteiger partial charge in [0.25, 0.3) is 0 Å². The predicted molar refractivity (Wildman–Crippen MR) is 188 cm³/mol. The van der Waals surface area contributed by atoms with Crippen LogP contribution < -0.4 is 15.0 Å². The number of likely N-dealkylation sites (tertiary alicyclic amines) is 1. The van der Waals surface area contributed by atoms with Crippen LogP contribution in [0, 0.1) is 34.8 Å². The zero-order valence-electron chi connectivity index (χ0n) is 27.5. The molecule has 5 fully saturated rings. The Morgan fingerprint density at radius 3 is 2.55 bits per heavy atom. The summed E-state index contributed by atoms with van der Waals surface area (Å²) in [5, 5.41) is 15.6. The number of aromatic hydroxyl groups is 1. The van der Waals surface area contributed by atoms with Crippen molar-refractivity contribution in [2.24, 2.45) is 10.8 Å². The maximum atomic E-state index is 17.1. The Balaban J connectivity index is 1.11. The Bertz CT molecular complexity index is 2030. The molecular formula is C39H40ClF2N5O2. The third-order valence-electron chi connectivity index (χ3n) is 12.0. The first kappa shape index (κ1) is 31.3. The molecule has 3 aromatic carbocycles. The SMILES string of the molecule is C#Cc1c(F)ccc2cc(O)cc(-c3c(Cl)cc4c(N5CC6CCC(C5)N6)nc(OCC5(CN6CCC7(CCCC7)C6)CC5)nc4c3F)c12. The lowest BCUT2D eigenvalue weighted by Crippen LogP contribution is -2.51. The largest absolute Gasteiger partial charge is 0.508 e. The minimum Gasteiger partial charge on any atom is -0.508 e. The van der Waals surface area contributed by atoms with E-state index in [0.717, 1.165) is 51.9 Å². The van der Waals surface area contributed by atoms with E-state index >= 15 is 4.39 Å². The standard InChI is InChI=1S/C39H40ClF2N5O2/c1-2-27-31(41)8-5-23-15-26(48)16-28(32(23)27)33-30(40)17-29-35(34(33)42)44-37(45-36(29)47-18-24-6-7-25(19-47)43-24)49-22-39(11-12-39)21-46-14-13-38(20-46)9-3-4-10-38/h1,5,8,15-17,24-25,43,48H,3-4,6-7,9-14,18-22H2. The zero-order valence-corrected chi connectivity index (χ0v) is 28.3. The van der Waals surface area contributed by atoms with E-state index in [1.165, 1.54) is 62.9 Å². The molecule has 2 aliphatic carbocycles. The molecule has 1 spiro atoms. The Morgan fingerprint density at radius 2 is 1.82 bits per heavy atom. The van der Waals surface area contributed by atoms with Crippen molar-refractivity contribution in [3.63, 3.8) is 0 Å². The summed E-state index contributed by atoms with van der Waals surface area (Å²) in [7, 11) is 0. The fourth-order valence-electron chi connectivity index (χ4n) is 9.36. The lowest BCUT2D eigenvalue weighted by atomic mass is 9.86. The van der Waals surface area contributed by atoms with Gasteiger partial charge in [0.2, 0.25) is 0 Å². The van der Waals surface area contributed by atoms with Crippen molar-refractivity contribution in [3.8, 4) is 35.2 Å². The molecule has 10 heteroatoms. The molecule has 7 nitrogen and oxygen atoms in total. The van der Waals surface area contributed by atoms with Gasteiger partial charge in [-0.05, 0) is 92.1 Å². The summed E-state index contributed by atoms with van der Waals surface area (Å²) in [5.74, 6) is 1.56. The highest BCUT2D eigenvalue weighted by atomic mass is 35.5. The summed E-state index contributed by atoms with van der Waals surface area (Å²) in [5.41, 5.74) is 0.779. The third kappa shape index (κ3) is 5.47. The average molecular weight is 684 g/mol. The summed E-state index contributed by atoms with van der Waals surface area (Å²) < 4.78 is 38.5. The summed E-state index contributed by atoms with van der Waals surface area (Å²) in [6, 6.07) is 8.05. The molecule has 254 valence electrons. The van der Waals surface area contributed by atoms with Crippen molar-refractivity contribution < 1.29 is 18.6 Å². The number of aromatic nitrogens is 2. The molecular weight excluding hydrogens is 644 g/mol. The van der Waals surface area contributed by atoms with Crippen molar-refractivity contribution in [2.75, 3.05) is 44.2 Å². The average Bonchev–Trinajstić information content (AvgIpc) is 3.34. The highest BCUT2D eigenvalue weighted by Gasteiger charge is 2.48. The molecule has 2 unspecified atom stereocenters. The van der Waals surface area contributed by atoms with Crippen LogP contribution in [0.3, 0.4) is 0 Å². The number of benzene rings is 3. The molecule has 2 atom stereocenters. The second-order valence-corrected chi connectivity index (χ2v) is 15.8. The van der Waals surface area contributed by atoms with Crippen molar-refractivity contribution in [3.05, 3.63) is 52.6 Å². The number of hydrogen-bond donors (Lipinski definition) is 2. The van der Waals surface area contributed by atoms with Gasteiger partial charge in [0.05, 0.1) is 17.2 Å². The van der Waals surface area contributed by atoms with Crippen molar-refractivity contribution >= 4 is 39.1 Å². The molecule has 3 saturated heterocycles. The topological polar surface area (TPSA) is 73.8 Å². The van der Waals surface area contributed by atoms with Crippen LogP contribution in [0.4, 0.5) is 14.6 Å². The highest BCUT2D eigenvalue weighted by Crippen LogP contribution is 2.51. The number of phenols is 1. The van der Waals surface area contributed by atoms with Gasteiger partial charge in [-0.25, -0.2) is 8.78 Å². The van der Waals surface area contributed by atoms with Gasteiger partial charge >= 0.3 is 6.01 Å². The number of halogens is 3. The minimum absolute atomic E-state index is 0.0123. The van der Waals surface area contributed by atoms with E-state index in [2.05, 4.69) is 21.0 Å². The van der Waals surface area contributed by atoms with Gasteiger partial charge in [-0.3, -0.25) is 0 Å².